The van der Waals surface area contributed by atoms with E-state index in [4.69, 9.17) is 0 Å². The van der Waals surface area contributed by atoms with Gasteiger partial charge < -0.3 is 10.0 Å². The summed E-state index contributed by atoms with van der Waals surface area (Å²) in [6.45, 7) is 2.44. The number of sulfonamides is 1. The minimum Gasteiger partial charge on any atom is -0.386 e. The number of carbonyl (C=O) groups excluding carboxylic acids is 1. The third kappa shape index (κ3) is 2.96. The van der Waals surface area contributed by atoms with Gasteiger partial charge in [0, 0.05) is 24.4 Å². The Hall–Kier alpha value is -1.74. The number of aryl methyl sites for hydroxylation is 2. The molecule has 1 atom stereocenters. The fourth-order valence-electron chi connectivity index (χ4n) is 3.67. The number of thiophene rings is 1. The van der Waals surface area contributed by atoms with Crippen LogP contribution in [0.2, 0.25) is 0 Å². The molecule has 1 aromatic heterocycles. The molecule has 1 amide bonds. The molecule has 26 heavy (non-hydrogen) atoms. The summed E-state index contributed by atoms with van der Waals surface area (Å²) < 4.78 is 28.0. The van der Waals surface area contributed by atoms with Crippen molar-refractivity contribution in [2.75, 3.05) is 18.0 Å². The first-order valence-corrected chi connectivity index (χ1v) is 10.9. The van der Waals surface area contributed by atoms with Crippen LogP contribution in [0.15, 0.2) is 28.5 Å². The highest BCUT2D eigenvalue weighted by atomic mass is 32.2. The smallest absolute Gasteiger partial charge is 0.240 e. The fraction of sp³-hybridized carbons (Fsp3) is 0.389. The number of amides is 1. The number of nitrogens with zero attached hydrogens (tertiary/aromatic N) is 1. The Kier molecular flexibility index (Phi) is 4.38. The molecule has 0 saturated heterocycles. The van der Waals surface area contributed by atoms with Crippen LogP contribution in [-0.2, 0) is 27.7 Å². The lowest BCUT2D eigenvalue weighted by Gasteiger charge is -2.25. The van der Waals surface area contributed by atoms with Crippen molar-refractivity contribution in [3.05, 3.63) is 45.1 Å². The lowest BCUT2D eigenvalue weighted by Crippen LogP contribution is -2.33. The zero-order chi connectivity index (χ0) is 18.5. The van der Waals surface area contributed by atoms with E-state index in [0.717, 1.165) is 27.3 Å². The number of aliphatic hydroxyl groups is 1. The van der Waals surface area contributed by atoms with Gasteiger partial charge in [0.1, 0.15) is 6.10 Å². The third-order valence-corrected chi connectivity index (χ3v) is 7.53. The number of aliphatic hydroxyl groups excluding tert-OH is 1. The number of hydrogen-bond donors (Lipinski definition) is 2. The maximum atomic E-state index is 12.7. The molecule has 8 heteroatoms. The van der Waals surface area contributed by atoms with E-state index in [2.05, 4.69) is 4.72 Å². The van der Waals surface area contributed by atoms with Crippen LogP contribution in [0, 0.1) is 6.92 Å². The summed E-state index contributed by atoms with van der Waals surface area (Å²) in [4.78, 5) is 14.7. The first-order valence-electron chi connectivity index (χ1n) is 8.55. The highest BCUT2D eigenvalue weighted by Gasteiger charge is 2.33. The molecule has 2 aliphatic heterocycles. The highest BCUT2D eigenvalue weighted by molar-refractivity contribution is 7.89. The van der Waals surface area contributed by atoms with Gasteiger partial charge in [0.05, 0.1) is 10.6 Å². The van der Waals surface area contributed by atoms with Crippen LogP contribution < -0.4 is 9.62 Å². The van der Waals surface area contributed by atoms with Gasteiger partial charge in [-0.15, -0.1) is 11.3 Å². The topological polar surface area (TPSA) is 86.7 Å². The summed E-state index contributed by atoms with van der Waals surface area (Å²) in [6.07, 6.45) is 0.789. The normalized spacial score (nSPS) is 17.5. The van der Waals surface area contributed by atoms with Crippen molar-refractivity contribution in [3.63, 3.8) is 0 Å². The Balaban J connectivity index is 1.57. The van der Waals surface area contributed by atoms with Crippen molar-refractivity contribution in [2.45, 2.75) is 37.2 Å². The summed E-state index contributed by atoms with van der Waals surface area (Å²) in [5.41, 5.74) is 3.67. The number of rotatable bonds is 5. The second-order valence-electron chi connectivity index (χ2n) is 6.72. The molecule has 2 aromatic rings. The van der Waals surface area contributed by atoms with Gasteiger partial charge in [0.25, 0.3) is 0 Å². The first kappa shape index (κ1) is 17.7. The summed E-state index contributed by atoms with van der Waals surface area (Å²) >= 11 is 1.41. The van der Waals surface area contributed by atoms with Gasteiger partial charge in [-0.1, -0.05) is 0 Å². The van der Waals surface area contributed by atoms with E-state index in [1.54, 1.807) is 17.0 Å². The maximum Gasteiger partial charge on any atom is 0.240 e. The van der Waals surface area contributed by atoms with Crippen molar-refractivity contribution in [2.24, 2.45) is 0 Å². The summed E-state index contributed by atoms with van der Waals surface area (Å²) in [5.74, 6) is 0.111. The number of hydrogen-bond acceptors (Lipinski definition) is 5. The minimum absolute atomic E-state index is 0.0687. The van der Waals surface area contributed by atoms with Crippen LogP contribution in [0.3, 0.4) is 0 Å². The van der Waals surface area contributed by atoms with Gasteiger partial charge in [-0.05, 0) is 60.0 Å². The SMILES string of the molecule is Cc1ccsc1C(O)CNS(=O)(=O)c1cc2c3c(c1)CCN3C(=O)CC2. The van der Waals surface area contributed by atoms with Gasteiger partial charge in [-0.2, -0.15) is 0 Å². The molecule has 0 spiro atoms. The quantitative estimate of drug-likeness (QED) is 0.814. The molecule has 138 valence electrons. The summed E-state index contributed by atoms with van der Waals surface area (Å²) in [5, 5.41) is 12.1. The van der Waals surface area contributed by atoms with E-state index < -0.39 is 16.1 Å². The van der Waals surface area contributed by atoms with E-state index in [9.17, 15) is 18.3 Å². The number of benzene rings is 1. The van der Waals surface area contributed by atoms with Crippen LogP contribution in [0.5, 0.6) is 0 Å². The lowest BCUT2D eigenvalue weighted by atomic mass is 10.00. The Morgan fingerprint density at radius 3 is 2.69 bits per heavy atom. The van der Waals surface area contributed by atoms with Crippen LogP contribution >= 0.6 is 11.3 Å². The van der Waals surface area contributed by atoms with Crippen molar-refractivity contribution < 1.29 is 18.3 Å². The van der Waals surface area contributed by atoms with Crippen molar-refractivity contribution in [1.29, 1.82) is 0 Å². The van der Waals surface area contributed by atoms with Gasteiger partial charge in [-0.3, -0.25) is 4.79 Å². The molecular weight excluding hydrogens is 372 g/mol. The molecule has 3 heterocycles. The van der Waals surface area contributed by atoms with E-state index >= 15 is 0 Å². The molecule has 0 aliphatic carbocycles. The third-order valence-electron chi connectivity index (χ3n) is 5.01. The van der Waals surface area contributed by atoms with Crippen LogP contribution in [0.1, 0.15) is 34.1 Å². The zero-order valence-electron chi connectivity index (χ0n) is 14.4. The Bertz CT molecular complexity index is 981. The predicted molar refractivity (Wildman–Crippen MR) is 100 cm³/mol. The zero-order valence-corrected chi connectivity index (χ0v) is 16.0. The largest absolute Gasteiger partial charge is 0.386 e. The van der Waals surface area contributed by atoms with Crippen molar-refractivity contribution in [3.8, 4) is 0 Å². The van der Waals surface area contributed by atoms with Crippen LogP contribution in [-0.4, -0.2) is 32.5 Å². The van der Waals surface area contributed by atoms with Crippen molar-refractivity contribution >= 4 is 33.0 Å². The van der Waals surface area contributed by atoms with Crippen LogP contribution in [0.4, 0.5) is 5.69 Å². The second kappa shape index (κ2) is 6.45. The van der Waals surface area contributed by atoms with Gasteiger partial charge in [-0.25, -0.2) is 13.1 Å². The maximum absolute atomic E-state index is 12.7. The molecule has 0 bridgehead atoms. The average molecular weight is 393 g/mol. The first-order chi connectivity index (χ1) is 12.4. The summed E-state index contributed by atoms with van der Waals surface area (Å²) in [7, 11) is -3.73. The van der Waals surface area contributed by atoms with E-state index in [1.165, 1.54) is 11.3 Å². The summed E-state index contributed by atoms with van der Waals surface area (Å²) in [6, 6.07) is 5.22. The van der Waals surface area contributed by atoms with Gasteiger partial charge in [0.2, 0.25) is 15.9 Å². The van der Waals surface area contributed by atoms with E-state index in [0.29, 0.717) is 25.8 Å². The molecule has 0 radical (unpaired) electrons. The highest BCUT2D eigenvalue weighted by Crippen LogP contribution is 2.38. The molecule has 6 nitrogen and oxygen atoms in total. The van der Waals surface area contributed by atoms with Crippen LogP contribution in [0.25, 0.3) is 0 Å². The molecule has 1 unspecified atom stereocenters. The number of carbonyl (C=O) groups is 1. The molecule has 4 rings (SSSR count). The molecular formula is C18H20N2O4S2. The van der Waals surface area contributed by atoms with Gasteiger partial charge in [0.15, 0.2) is 0 Å². The monoisotopic (exact) mass is 392 g/mol. The predicted octanol–water partition coefficient (Wildman–Crippen LogP) is 1.90. The Labute approximate surface area is 156 Å². The fourth-order valence-corrected chi connectivity index (χ4v) is 5.72. The second-order valence-corrected chi connectivity index (χ2v) is 9.44. The Morgan fingerprint density at radius 1 is 1.27 bits per heavy atom. The lowest BCUT2D eigenvalue weighted by molar-refractivity contribution is -0.118. The van der Waals surface area contributed by atoms with Gasteiger partial charge >= 0.3 is 0 Å². The average Bonchev–Trinajstić information content (AvgIpc) is 3.23. The van der Waals surface area contributed by atoms with Crippen molar-refractivity contribution in [1.82, 2.24) is 4.72 Å². The van der Waals surface area contributed by atoms with E-state index in [1.807, 2.05) is 18.4 Å². The van der Waals surface area contributed by atoms with E-state index in [-0.39, 0.29) is 17.3 Å². The standard InChI is InChI=1S/C18H20N2O4S2/c1-11-5-7-25-18(11)15(21)10-19-26(23,24)14-8-12-2-3-16(22)20-6-4-13(9-14)17(12)20/h5,7-9,15,19,21H,2-4,6,10H2,1H3. The molecule has 2 N–H and O–H groups in total. The number of nitrogens with one attached hydrogen (secondary N) is 1. The molecule has 1 aromatic carbocycles. The molecule has 0 fully saturated rings. The Morgan fingerprint density at radius 2 is 2.00 bits per heavy atom. The minimum atomic E-state index is -3.73. The molecule has 0 saturated carbocycles. The number of anilines is 1. The molecule has 2 aliphatic rings.